The molecule has 2 aromatic carbocycles. The number of hydrogen-bond donors (Lipinski definition) is 2. The van der Waals surface area contributed by atoms with Crippen molar-refractivity contribution < 1.29 is 27.5 Å². The number of Topliss-reactive ketones (excluding diaryl/α,β-unsaturated/α-hetero) is 1. The summed E-state index contributed by atoms with van der Waals surface area (Å²) < 4.78 is 33.2. The number of benzene rings is 2. The van der Waals surface area contributed by atoms with Gasteiger partial charge >= 0.3 is 5.97 Å². The molecule has 2 unspecified atom stereocenters. The minimum absolute atomic E-state index is 0.00844. The van der Waals surface area contributed by atoms with Crippen molar-refractivity contribution in [3.63, 3.8) is 0 Å². The zero-order valence-corrected chi connectivity index (χ0v) is 19.6. The first-order chi connectivity index (χ1) is 15.1. The molecule has 2 rings (SSSR count). The van der Waals surface area contributed by atoms with Crippen molar-refractivity contribution in [3.05, 3.63) is 42.5 Å². The second-order valence-electron chi connectivity index (χ2n) is 7.87. The predicted octanol–water partition coefficient (Wildman–Crippen LogP) is 2.56. The number of hydrogen-bond acceptors (Lipinski definition) is 6. The summed E-state index contributed by atoms with van der Waals surface area (Å²) in [4.78, 5) is 37.0. The molecule has 0 saturated carbocycles. The van der Waals surface area contributed by atoms with Crippen LogP contribution in [0.4, 0.5) is 0 Å². The third kappa shape index (κ3) is 6.61. The van der Waals surface area contributed by atoms with Crippen LogP contribution in [0.5, 0.6) is 0 Å². The number of ether oxygens (including phenoxy) is 1. The van der Waals surface area contributed by atoms with Gasteiger partial charge in [0.25, 0.3) is 5.78 Å². The summed E-state index contributed by atoms with van der Waals surface area (Å²) in [5, 5.41) is 4.15. The Hall–Kier alpha value is -2.78. The molecule has 0 heterocycles. The first-order valence-electron chi connectivity index (χ1n) is 10.6. The molecule has 0 fully saturated rings. The quantitative estimate of drug-likeness (QED) is 0.391. The fraction of sp³-hybridized carbons (Fsp3) is 0.435. The van der Waals surface area contributed by atoms with Gasteiger partial charge in [0.1, 0.15) is 6.04 Å². The standard InChI is InChI=1S/C23H30N2O6S/c1-5-19(21(26)23(28)31-6-2)24-22(27)20(13-15(3)4)25-32(29,30)18-12-11-16-9-7-8-10-17(16)14-18/h7-12,14-15,19-20,25H,5-6,13H2,1-4H3,(H,24,27). The topological polar surface area (TPSA) is 119 Å². The molecular weight excluding hydrogens is 432 g/mol. The Morgan fingerprint density at radius 1 is 0.969 bits per heavy atom. The normalized spacial score (nSPS) is 13.5. The molecule has 0 aliphatic carbocycles. The van der Waals surface area contributed by atoms with Gasteiger partial charge in [-0.15, -0.1) is 0 Å². The van der Waals surface area contributed by atoms with Crippen molar-refractivity contribution in [1.29, 1.82) is 0 Å². The molecule has 0 bridgehead atoms. The Morgan fingerprint density at radius 3 is 2.22 bits per heavy atom. The zero-order chi connectivity index (χ0) is 23.9. The lowest BCUT2D eigenvalue weighted by molar-refractivity contribution is -0.154. The van der Waals surface area contributed by atoms with E-state index in [1.807, 2.05) is 32.0 Å². The molecule has 2 atom stereocenters. The van der Waals surface area contributed by atoms with E-state index in [1.54, 1.807) is 32.0 Å². The first-order valence-corrected chi connectivity index (χ1v) is 12.1. The first kappa shape index (κ1) is 25.5. The molecule has 2 aromatic rings. The Kier molecular flexibility index (Phi) is 8.91. The van der Waals surface area contributed by atoms with Gasteiger partial charge in [0, 0.05) is 0 Å². The van der Waals surface area contributed by atoms with E-state index in [2.05, 4.69) is 10.0 Å². The summed E-state index contributed by atoms with van der Waals surface area (Å²) in [5.41, 5.74) is 0. The maximum atomic E-state index is 13.0. The highest BCUT2D eigenvalue weighted by atomic mass is 32.2. The molecule has 8 nitrogen and oxygen atoms in total. The Morgan fingerprint density at radius 2 is 1.62 bits per heavy atom. The van der Waals surface area contributed by atoms with Gasteiger partial charge in [-0.05, 0) is 48.6 Å². The summed E-state index contributed by atoms with van der Waals surface area (Å²) in [5.74, 6) is -2.58. The molecule has 9 heteroatoms. The fourth-order valence-electron chi connectivity index (χ4n) is 3.24. The van der Waals surface area contributed by atoms with Crippen LogP contribution in [0.3, 0.4) is 0 Å². The number of ketones is 1. The molecule has 0 aliphatic heterocycles. The average molecular weight is 463 g/mol. The van der Waals surface area contributed by atoms with Crippen LogP contribution in [0, 0.1) is 5.92 Å². The van der Waals surface area contributed by atoms with E-state index in [-0.39, 0.29) is 30.3 Å². The highest BCUT2D eigenvalue weighted by Crippen LogP contribution is 2.20. The Bertz CT molecular complexity index is 1080. The Balaban J connectivity index is 2.24. The summed E-state index contributed by atoms with van der Waals surface area (Å²) in [6.07, 6.45) is 0.373. The largest absolute Gasteiger partial charge is 0.460 e. The lowest BCUT2D eigenvalue weighted by atomic mass is 10.0. The van der Waals surface area contributed by atoms with Gasteiger partial charge in [-0.2, -0.15) is 4.72 Å². The Labute approximate surface area is 188 Å². The number of fused-ring (bicyclic) bond motifs is 1. The fourth-order valence-corrected chi connectivity index (χ4v) is 4.48. The minimum Gasteiger partial charge on any atom is -0.460 e. The van der Waals surface area contributed by atoms with Crippen molar-refractivity contribution >= 4 is 38.5 Å². The maximum absolute atomic E-state index is 13.0. The molecule has 0 saturated heterocycles. The van der Waals surface area contributed by atoms with Crippen molar-refractivity contribution in [1.82, 2.24) is 10.0 Å². The van der Waals surface area contributed by atoms with E-state index < -0.39 is 39.8 Å². The molecule has 0 aromatic heterocycles. The van der Waals surface area contributed by atoms with Crippen LogP contribution in [-0.2, 0) is 29.1 Å². The van der Waals surface area contributed by atoms with Gasteiger partial charge < -0.3 is 10.1 Å². The smallest absolute Gasteiger partial charge is 0.376 e. The van der Waals surface area contributed by atoms with Gasteiger partial charge in [0.05, 0.1) is 17.5 Å². The summed E-state index contributed by atoms with van der Waals surface area (Å²) >= 11 is 0. The van der Waals surface area contributed by atoms with E-state index in [4.69, 9.17) is 4.74 Å². The third-order valence-corrected chi connectivity index (χ3v) is 6.34. The van der Waals surface area contributed by atoms with Crippen molar-refractivity contribution in [2.75, 3.05) is 6.61 Å². The molecule has 2 N–H and O–H groups in total. The van der Waals surface area contributed by atoms with E-state index in [0.717, 1.165) is 10.8 Å². The SMILES string of the molecule is CCOC(=O)C(=O)C(CC)NC(=O)C(CC(C)C)NS(=O)(=O)c1ccc2ccccc2c1. The number of esters is 1. The number of rotatable bonds is 11. The van der Waals surface area contributed by atoms with Gasteiger partial charge in [0.2, 0.25) is 15.9 Å². The van der Waals surface area contributed by atoms with Crippen LogP contribution in [0.2, 0.25) is 0 Å². The monoisotopic (exact) mass is 462 g/mol. The number of carbonyl (C=O) groups excluding carboxylic acids is 3. The lowest BCUT2D eigenvalue weighted by Gasteiger charge is -2.23. The average Bonchev–Trinajstić information content (AvgIpc) is 2.75. The highest BCUT2D eigenvalue weighted by Gasteiger charge is 2.32. The summed E-state index contributed by atoms with van der Waals surface area (Å²) in [7, 11) is -4.02. The van der Waals surface area contributed by atoms with E-state index in [0.29, 0.717) is 0 Å². The molecule has 174 valence electrons. The van der Waals surface area contributed by atoms with E-state index in [1.165, 1.54) is 6.07 Å². The molecule has 32 heavy (non-hydrogen) atoms. The van der Waals surface area contributed by atoms with Gasteiger partial charge in [-0.1, -0.05) is 51.1 Å². The minimum atomic E-state index is -4.02. The molecular formula is C23H30N2O6S. The summed E-state index contributed by atoms with van der Waals surface area (Å²) in [6.45, 7) is 6.96. The van der Waals surface area contributed by atoms with Crippen molar-refractivity contribution in [2.24, 2.45) is 5.92 Å². The van der Waals surface area contributed by atoms with E-state index in [9.17, 15) is 22.8 Å². The highest BCUT2D eigenvalue weighted by molar-refractivity contribution is 7.89. The maximum Gasteiger partial charge on any atom is 0.376 e. The van der Waals surface area contributed by atoms with Crippen molar-refractivity contribution in [2.45, 2.75) is 57.5 Å². The van der Waals surface area contributed by atoms with Crippen LogP contribution in [0.15, 0.2) is 47.4 Å². The zero-order valence-electron chi connectivity index (χ0n) is 18.8. The number of sulfonamides is 1. The van der Waals surface area contributed by atoms with Crippen LogP contribution in [0.1, 0.15) is 40.5 Å². The predicted molar refractivity (Wildman–Crippen MR) is 121 cm³/mol. The third-order valence-electron chi connectivity index (χ3n) is 4.87. The molecule has 0 spiro atoms. The van der Waals surface area contributed by atoms with Crippen molar-refractivity contribution in [3.8, 4) is 0 Å². The molecule has 0 radical (unpaired) electrons. The van der Waals surface area contributed by atoms with Gasteiger partial charge in [-0.25, -0.2) is 13.2 Å². The van der Waals surface area contributed by atoms with E-state index >= 15 is 0 Å². The number of amides is 1. The van der Waals surface area contributed by atoms with Crippen LogP contribution in [-0.4, -0.2) is 44.8 Å². The van der Waals surface area contributed by atoms with Crippen LogP contribution >= 0.6 is 0 Å². The second kappa shape index (κ2) is 11.2. The van der Waals surface area contributed by atoms with Gasteiger partial charge in [-0.3, -0.25) is 9.59 Å². The molecule has 1 amide bonds. The molecule has 0 aliphatic rings. The lowest BCUT2D eigenvalue weighted by Crippen LogP contribution is -2.53. The number of nitrogens with one attached hydrogen (secondary N) is 2. The van der Waals surface area contributed by atoms with Crippen LogP contribution in [0.25, 0.3) is 10.8 Å². The second-order valence-corrected chi connectivity index (χ2v) is 9.58. The van der Waals surface area contributed by atoms with Crippen LogP contribution < -0.4 is 10.0 Å². The van der Waals surface area contributed by atoms with Gasteiger partial charge in [0.15, 0.2) is 0 Å². The number of carbonyl (C=O) groups is 3. The summed E-state index contributed by atoms with van der Waals surface area (Å²) in [6, 6.07) is 9.87.